The average Bonchev–Trinajstić information content (AvgIpc) is 2.73. The number of amides is 2. The van der Waals surface area contributed by atoms with Gasteiger partial charge in [0.25, 0.3) is 5.91 Å². The predicted molar refractivity (Wildman–Crippen MR) is 111 cm³/mol. The first-order valence-corrected chi connectivity index (χ1v) is 9.88. The normalized spacial score (nSPS) is 11.5. The van der Waals surface area contributed by atoms with Crippen LogP contribution in [0.1, 0.15) is 31.9 Å². The minimum atomic E-state index is -0.553. The van der Waals surface area contributed by atoms with Gasteiger partial charge in [-0.25, -0.2) is 0 Å². The molecule has 0 unspecified atom stereocenters. The summed E-state index contributed by atoms with van der Waals surface area (Å²) in [5, 5.41) is 2.79. The summed E-state index contributed by atoms with van der Waals surface area (Å²) < 4.78 is 5.67. The van der Waals surface area contributed by atoms with Crippen LogP contribution in [0.15, 0.2) is 54.6 Å². The molecule has 0 bridgehead atoms. The Bertz CT molecular complexity index is 744. The first-order valence-electron chi connectivity index (χ1n) is 9.88. The standard InChI is InChI=1S/C23H30N2O3/c1-4-19-11-13-21(14-12-19)28-17-22(26)25(18(3)23(27)24-5-2)16-15-20-9-7-6-8-10-20/h6-14,18H,4-5,15-17H2,1-3H3,(H,24,27)/t18-/m0/s1. The zero-order chi connectivity index (χ0) is 20.4. The lowest BCUT2D eigenvalue weighted by molar-refractivity contribution is -0.141. The lowest BCUT2D eigenvalue weighted by Gasteiger charge is -2.28. The van der Waals surface area contributed by atoms with Gasteiger partial charge in [0, 0.05) is 13.1 Å². The Balaban J connectivity index is 2.02. The Labute approximate surface area is 167 Å². The second-order valence-corrected chi connectivity index (χ2v) is 6.68. The van der Waals surface area contributed by atoms with Gasteiger partial charge in [-0.05, 0) is 49.9 Å². The van der Waals surface area contributed by atoms with E-state index in [-0.39, 0.29) is 18.4 Å². The molecule has 150 valence electrons. The highest BCUT2D eigenvalue weighted by molar-refractivity contribution is 5.87. The zero-order valence-corrected chi connectivity index (χ0v) is 17.0. The van der Waals surface area contributed by atoms with Crippen LogP contribution in [-0.4, -0.2) is 42.5 Å². The fourth-order valence-corrected chi connectivity index (χ4v) is 2.94. The van der Waals surface area contributed by atoms with Crippen LogP contribution < -0.4 is 10.1 Å². The molecule has 2 amide bonds. The van der Waals surface area contributed by atoms with Crippen molar-refractivity contribution < 1.29 is 14.3 Å². The van der Waals surface area contributed by atoms with Gasteiger partial charge in [0.05, 0.1) is 0 Å². The van der Waals surface area contributed by atoms with E-state index in [9.17, 15) is 9.59 Å². The molecule has 2 rings (SSSR count). The molecule has 1 N–H and O–H groups in total. The molecule has 0 aromatic heterocycles. The summed E-state index contributed by atoms with van der Waals surface area (Å²) in [5.41, 5.74) is 2.34. The van der Waals surface area contributed by atoms with Crippen LogP contribution in [0.5, 0.6) is 5.75 Å². The molecule has 1 atom stereocenters. The number of benzene rings is 2. The van der Waals surface area contributed by atoms with Gasteiger partial charge in [-0.1, -0.05) is 49.4 Å². The summed E-state index contributed by atoms with van der Waals surface area (Å²) in [6, 6.07) is 17.1. The second kappa shape index (κ2) is 11.1. The third-order valence-corrected chi connectivity index (χ3v) is 4.70. The monoisotopic (exact) mass is 382 g/mol. The van der Waals surface area contributed by atoms with Crippen molar-refractivity contribution in [3.8, 4) is 5.75 Å². The maximum absolute atomic E-state index is 12.8. The molecular weight excluding hydrogens is 352 g/mol. The van der Waals surface area contributed by atoms with E-state index < -0.39 is 6.04 Å². The van der Waals surface area contributed by atoms with Crippen molar-refractivity contribution in [3.63, 3.8) is 0 Å². The molecule has 0 spiro atoms. The van der Waals surface area contributed by atoms with Gasteiger partial charge < -0.3 is 15.0 Å². The average molecular weight is 383 g/mol. The lowest BCUT2D eigenvalue weighted by atomic mass is 10.1. The summed E-state index contributed by atoms with van der Waals surface area (Å²) >= 11 is 0. The molecular formula is C23H30N2O3. The van der Waals surface area contributed by atoms with Gasteiger partial charge in [0.15, 0.2) is 6.61 Å². The van der Waals surface area contributed by atoms with Crippen LogP contribution in [0, 0.1) is 0 Å². The van der Waals surface area contributed by atoms with E-state index in [0.717, 1.165) is 12.0 Å². The molecule has 0 heterocycles. The number of likely N-dealkylation sites (N-methyl/N-ethyl adjacent to an activating group) is 1. The second-order valence-electron chi connectivity index (χ2n) is 6.68. The van der Waals surface area contributed by atoms with E-state index in [2.05, 4.69) is 12.2 Å². The fraction of sp³-hybridized carbons (Fsp3) is 0.391. The van der Waals surface area contributed by atoms with Crippen LogP contribution in [0.3, 0.4) is 0 Å². The molecule has 5 heteroatoms. The maximum atomic E-state index is 12.8. The lowest BCUT2D eigenvalue weighted by Crippen LogP contribution is -2.50. The van der Waals surface area contributed by atoms with Crippen molar-refractivity contribution in [2.45, 2.75) is 39.7 Å². The van der Waals surface area contributed by atoms with Crippen molar-refractivity contribution in [3.05, 3.63) is 65.7 Å². The van der Waals surface area contributed by atoms with Crippen molar-refractivity contribution >= 4 is 11.8 Å². The molecule has 0 saturated heterocycles. The Hall–Kier alpha value is -2.82. The molecule has 0 radical (unpaired) electrons. The molecule has 28 heavy (non-hydrogen) atoms. The number of aryl methyl sites for hydroxylation is 1. The molecule has 0 aliphatic heterocycles. The quantitative estimate of drug-likeness (QED) is 0.686. The molecule has 0 aliphatic carbocycles. The van der Waals surface area contributed by atoms with Gasteiger partial charge in [0.2, 0.25) is 5.91 Å². The van der Waals surface area contributed by atoms with Gasteiger partial charge in [-0.15, -0.1) is 0 Å². The number of ether oxygens (including phenoxy) is 1. The van der Waals surface area contributed by atoms with Crippen molar-refractivity contribution in [2.75, 3.05) is 19.7 Å². The molecule has 0 aliphatic rings. The van der Waals surface area contributed by atoms with Crippen molar-refractivity contribution in [1.82, 2.24) is 10.2 Å². The van der Waals surface area contributed by atoms with Crippen LogP contribution >= 0.6 is 0 Å². The summed E-state index contributed by atoms with van der Waals surface area (Å²) in [4.78, 5) is 26.7. The predicted octanol–water partition coefficient (Wildman–Crippen LogP) is 3.22. The maximum Gasteiger partial charge on any atom is 0.261 e. The minimum absolute atomic E-state index is 0.0932. The highest BCUT2D eigenvalue weighted by Crippen LogP contribution is 2.13. The topological polar surface area (TPSA) is 58.6 Å². The van der Waals surface area contributed by atoms with Crippen LogP contribution in [0.2, 0.25) is 0 Å². The first kappa shape index (κ1) is 21.5. The number of carbonyl (C=O) groups excluding carboxylic acids is 2. The highest BCUT2D eigenvalue weighted by Gasteiger charge is 2.25. The molecule has 2 aromatic carbocycles. The number of rotatable bonds is 10. The number of nitrogens with zero attached hydrogens (tertiary/aromatic N) is 1. The SMILES string of the molecule is CCNC(=O)[C@H](C)N(CCc1ccccc1)C(=O)COc1ccc(CC)cc1. The van der Waals surface area contributed by atoms with Gasteiger partial charge in [-0.3, -0.25) is 9.59 Å². The number of hydrogen-bond acceptors (Lipinski definition) is 3. The first-order chi connectivity index (χ1) is 13.5. The van der Waals surface area contributed by atoms with E-state index in [1.165, 1.54) is 5.56 Å². The smallest absolute Gasteiger partial charge is 0.261 e. The Morgan fingerprint density at radius 2 is 1.68 bits per heavy atom. The third kappa shape index (κ3) is 6.41. The van der Waals surface area contributed by atoms with Crippen molar-refractivity contribution in [2.24, 2.45) is 0 Å². The molecule has 2 aromatic rings. The van der Waals surface area contributed by atoms with Crippen LogP contribution in [0.4, 0.5) is 0 Å². The summed E-state index contributed by atoms with van der Waals surface area (Å²) in [6.45, 7) is 6.61. The summed E-state index contributed by atoms with van der Waals surface area (Å²) in [6.07, 6.45) is 1.64. The van der Waals surface area contributed by atoms with E-state index >= 15 is 0 Å². The fourth-order valence-electron chi connectivity index (χ4n) is 2.94. The van der Waals surface area contributed by atoms with Gasteiger partial charge >= 0.3 is 0 Å². The number of hydrogen-bond donors (Lipinski definition) is 1. The zero-order valence-electron chi connectivity index (χ0n) is 17.0. The van der Waals surface area contributed by atoms with Gasteiger partial charge in [0.1, 0.15) is 11.8 Å². The minimum Gasteiger partial charge on any atom is -0.484 e. The summed E-state index contributed by atoms with van der Waals surface area (Å²) in [5.74, 6) is 0.296. The molecule has 0 saturated carbocycles. The Morgan fingerprint density at radius 1 is 1.00 bits per heavy atom. The van der Waals surface area contributed by atoms with E-state index in [1.54, 1.807) is 11.8 Å². The summed E-state index contributed by atoms with van der Waals surface area (Å²) in [7, 11) is 0. The molecule has 5 nitrogen and oxygen atoms in total. The third-order valence-electron chi connectivity index (χ3n) is 4.70. The molecule has 0 fully saturated rings. The highest BCUT2D eigenvalue weighted by atomic mass is 16.5. The van der Waals surface area contributed by atoms with E-state index in [1.807, 2.05) is 61.5 Å². The Kier molecular flexibility index (Phi) is 8.53. The van der Waals surface area contributed by atoms with Crippen molar-refractivity contribution in [1.29, 1.82) is 0 Å². The van der Waals surface area contributed by atoms with Gasteiger partial charge in [-0.2, -0.15) is 0 Å². The van der Waals surface area contributed by atoms with Crippen LogP contribution in [0.25, 0.3) is 0 Å². The van der Waals surface area contributed by atoms with E-state index in [4.69, 9.17) is 4.74 Å². The van der Waals surface area contributed by atoms with Crippen LogP contribution in [-0.2, 0) is 22.4 Å². The largest absolute Gasteiger partial charge is 0.484 e. The van der Waals surface area contributed by atoms with E-state index in [0.29, 0.717) is 25.3 Å². The number of nitrogens with one attached hydrogen (secondary N) is 1. The number of carbonyl (C=O) groups is 2. The Morgan fingerprint density at radius 3 is 2.29 bits per heavy atom.